The summed E-state index contributed by atoms with van der Waals surface area (Å²) in [5.41, 5.74) is 0.993. The molecule has 23 heavy (non-hydrogen) atoms. The van der Waals surface area contributed by atoms with E-state index in [1.165, 1.54) is 0 Å². The lowest BCUT2D eigenvalue weighted by Crippen LogP contribution is -2.67. The summed E-state index contributed by atoms with van der Waals surface area (Å²) >= 11 is 0. The fourth-order valence-corrected chi connectivity index (χ4v) is 3.82. The van der Waals surface area contributed by atoms with Gasteiger partial charge in [-0.15, -0.1) is 0 Å². The average Bonchev–Trinajstić information content (AvgIpc) is 3.10. The Morgan fingerprint density at radius 3 is 2.87 bits per heavy atom. The summed E-state index contributed by atoms with van der Waals surface area (Å²) in [6.45, 7) is 5.74. The van der Waals surface area contributed by atoms with E-state index in [-0.39, 0.29) is 11.5 Å². The monoisotopic (exact) mass is 316 g/mol. The Morgan fingerprint density at radius 2 is 2.17 bits per heavy atom. The Labute approximate surface area is 137 Å². The summed E-state index contributed by atoms with van der Waals surface area (Å²) in [5, 5.41) is 0. The van der Waals surface area contributed by atoms with Crippen LogP contribution in [0.3, 0.4) is 0 Å². The van der Waals surface area contributed by atoms with Gasteiger partial charge in [-0.2, -0.15) is 0 Å². The SMILES string of the molecule is C[C@@H]1C[C@@H]1C(=O)N1CC2(C1)OCC[C@H]2COCc1ccncc1. The van der Waals surface area contributed by atoms with E-state index in [2.05, 4.69) is 11.9 Å². The van der Waals surface area contributed by atoms with Gasteiger partial charge in [-0.25, -0.2) is 0 Å². The van der Waals surface area contributed by atoms with Crippen LogP contribution in [0.1, 0.15) is 25.3 Å². The molecule has 0 aromatic carbocycles. The largest absolute Gasteiger partial charge is 0.376 e. The lowest BCUT2D eigenvalue weighted by atomic mass is 9.81. The van der Waals surface area contributed by atoms with Crippen molar-refractivity contribution < 1.29 is 14.3 Å². The topological polar surface area (TPSA) is 51.7 Å². The molecule has 5 heteroatoms. The van der Waals surface area contributed by atoms with Gasteiger partial charge in [0.2, 0.25) is 5.91 Å². The number of ether oxygens (including phenoxy) is 2. The highest BCUT2D eigenvalue weighted by Gasteiger charge is 2.56. The number of aromatic nitrogens is 1. The molecule has 0 unspecified atom stereocenters. The van der Waals surface area contributed by atoms with Crippen LogP contribution >= 0.6 is 0 Å². The van der Waals surface area contributed by atoms with E-state index in [9.17, 15) is 4.79 Å². The van der Waals surface area contributed by atoms with Gasteiger partial charge in [0, 0.05) is 30.8 Å². The first-order valence-electron chi connectivity index (χ1n) is 8.57. The van der Waals surface area contributed by atoms with Gasteiger partial charge in [-0.05, 0) is 36.5 Å². The Morgan fingerprint density at radius 1 is 1.43 bits per heavy atom. The Bertz CT molecular complexity index is 571. The van der Waals surface area contributed by atoms with Crippen LogP contribution in [0.25, 0.3) is 0 Å². The standard InChI is InChI=1S/C18H24N2O3/c1-13-8-16(13)17(21)20-11-18(12-20)15(4-7-23-18)10-22-9-14-2-5-19-6-3-14/h2-3,5-6,13,15-16H,4,7-12H2,1H3/t13-,15+,16+/m1/s1. The molecule has 1 saturated carbocycles. The van der Waals surface area contributed by atoms with Gasteiger partial charge < -0.3 is 14.4 Å². The molecule has 3 heterocycles. The smallest absolute Gasteiger partial charge is 0.226 e. The van der Waals surface area contributed by atoms with E-state index in [4.69, 9.17) is 9.47 Å². The van der Waals surface area contributed by atoms with Gasteiger partial charge >= 0.3 is 0 Å². The number of nitrogens with zero attached hydrogens (tertiary/aromatic N) is 2. The maximum Gasteiger partial charge on any atom is 0.226 e. The molecule has 2 saturated heterocycles. The van der Waals surface area contributed by atoms with Crippen molar-refractivity contribution in [3.8, 4) is 0 Å². The quantitative estimate of drug-likeness (QED) is 0.832. The van der Waals surface area contributed by atoms with Crippen LogP contribution in [0, 0.1) is 17.8 Å². The maximum absolute atomic E-state index is 12.3. The summed E-state index contributed by atoms with van der Waals surface area (Å²) in [6.07, 6.45) is 5.65. The number of likely N-dealkylation sites (tertiary alicyclic amines) is 1. The third-order valence-corrected chi connectivity index (χ3v) is 5.59. The Balaban J connectivity index is 1.27. The molecule has 1 aromatic heterocycles. The van der Waals surface area contributed by atoms with Gasteiger partial charge in [-0.1, -0.05) is 6.92 Å². The minimum atomic E-state index is -0.147. The molecule has 1 aromatic rings. The molecule has 5 nitrogen and oxygen atoms in total. The number of hydrogen-bond acceptors (Lipinski definition) is 4. The number of amides is 1. The van der Waals surface area contributed by atoms with Crippen molar-refractivity contribution in [1.82, 2.24) is 9.88 Å². The van der Waals surface area contributed by atoms with Crippen LogP contribution in [0.4, 0.5) is 0 Å². The van der Waals surface area contributed by atoms with Crippen molar-refractivity contribution in [2.45, 2.75) is 32.0 Å². The van der Waals surface area contributed by atoms with Crippen molar-refractivity contribution >= 4 is 5.91 Å². The fourth-order valence-electron chi connectivity index (χ4n) is 3.82. The van der Waals surface area contributed by atoms with Crippen LogP contribution < -0.4 is 0 Å². The molecule has 124 valence electrons. The van der Waals surface area contributed by atoms with Crippen molar-refractivity contribution in [3.05, 3.63) is 30.1 Å². The van der Waals surface area contributed by atoms with E-state index in [1.807, 2.05) is 17.0 Å². The number of carbonyl (C=O) groups is 1. The van der Waals surface area contributed by atoms with Gasteiger partial charge in [0.15, 0.2) is 0 Å². The molecule has 1 spiro atoms. The third kappa shape index (κ3) is 2.88. The number of pyridine rings is 1. The van der Waals surface area contributed by atoms with Gasteiger partial charge in [0.25, 0.3) is 0 Å². The number of hydrogen-bond donors (Lipinski definition) is 0. The van der Waals surface area contributed by atoms with E-state index in [1.54, 1.807) is 12.4 Å². The summed E-state index contributed by atoms with van der Waals surface area (Å²) in [4.78, 5) is 18.3. The fraction of sp³-hybridized carbons (Fsp3) is 0.667. The summed E-state index contributed by atoms with van der Waals surface area (Å²) in [5.74, 6) is 1.57. The van der Waals surface area contributed by atoms with Gasteiger partial charge in [0.1, 0.15) is 5.60 Å². The first-order chi connectivity index (χ1) is 11.2. The lowest BCUT2D eigenvalue weighted by molar-refractivity contribution is -0.170. The summed E-state index contributed by atoms with van der Waals surface area (Å²) < 4.78 is 11.9. The second-order valence-corrected chi connectivity index (χ2v) is 7.28. The predicted molar refractivity (Wildman–Crippen MR) is 84.5 cm³/mol. The highest BCUT2D eigenvalue weighted by atomic mass is 16.5. The molecule has 0 N–H and O–H groups in total. The van der Waals surface area contributed by atoms with Crippen molar-refractivity contribution in [2.24, 2.45) is 17.8 Å². The van der Waals surface area contributed by atoms with E-state index < -0.39 is 0 Å². The lowest BCUT2D eigenvalue weighted by Gasteiger charge is -2.50. The molecule has 3 aliphatic rings. The number of rotatable bonds is 5. The van der Waals surface area contributed by atoms with E-state index in [0.29, 0.717) is 31.0 Å². The molecule has 1 amide bonds. The highest BCUT2D eigenvalue weighted by molar-refractivity contribution is 5.82. The molecular formula is C18H24N2O3. The molecule has 3 atom stereocenters. The molecule has 2 aliphatic heterocycles. The van der Waals surface area contributed by atoms with Crippen LogP contribution in [0.15, 0.2) is 24.5 Å². The number of carbonyl (C=O) groups excluding carboxylic acids is 1. The molecule has 1 aliphatic carbocycles. The summed E-state index contributed by atoms with van der Waals surface area (Å²) in [6, 6.07) is 3.95. The third-order valence-electron chi connectivity index (χ3n) is 5.59. The maximum atomic E-state index is 12.3. The molecule has 4 rings (SSSR count). The average molecular weight is 316 g/mol. The zero-order valence-electron chi connectivity index (χ0n) is 13.6. The second kappa shape index (κ2) is 5.87. The van der Waals surface area contributed by atoms with Crippen LogP contribution in [0.5, 0.6) is 0 Å². The van der Waals surface area contributed by atoms with E-state index in [0.717, 1.165) is 38.1 Å². The van der Waals surface area contributed by atoms with E-state index >= 15 is 0 Å². The zero-order valence-corrected chi connectivity index (χ0v) is 13.6. The molecule has 0 radical (unpaired) electrons. The first-order valence-corrected chi connectivity index (χ1v) is 8.57. The minimum Gasteiger partial charge on any atom is -0.376 e. The van der Waals surface area contributed by atoms with Gasteiger partial charge in [-0.3, -0.25) is 9.78 Å². The second-order valence-electron chi connectivity index (χ2n) is 7.28. The molecule has 3 fully saturated rings. The minimum absolute atomic E-state index is 0.147. The van der Waals surface area contributed by atoms with Crippen molar-refractivity contribution in [3.63, 3.8) is 0 Å². The Hall–Kier alpha value is -1.46. The summed E-state index contributed by atoms with van der Waals surface area (Å²) in [7, 11) is 0. The first kappa shape index (κ1) is 15.1. The van der Waals surface area contributed by atoms with Crippen LogP contribution in [0.2, 0.25) is 0 Å². The van der Waals surface area contributed by atoms with Crippen molar-refractivity contribution in [2.75, 3.05) is 26.3 Å². The van der Waals surface area contributed by atoms with Crippen molar-refractivity contribution in [1.29, 1.82) is 0 Å². The normalized spacial score (nSPS) is 31.2. The Kier molecular flexibility index (Phi) is 3.85. The highest BCUT2D eigenvalue weighted by Crippen LogP contribution is 2.45. The van der Waals surface area contributed by atoms with Gasteiger partial charge in [0.05, 0.1) is 26.3 Å². The van der Waals surface area contributed by atoms with Crippen LogP contribution in [-0.4, -0.2) is 47.7 Å². The van der Waals surface area contributed by atoms with Crippen LogP contribution in [-0.2, 0) is 20.9 Å². The molecule has 0 bridgehead atoms. The predicted octanol–water partition coefficient (Wildman–Crippen LogP) is 1.87. The zero-order chi connectivity index (χ0) is 15.9. The molecular weight excluding hydrogens is 292 g/mol.